The molecule has 0 spiro atoms. The smallest absolute Gasteiger partial charge is 0.231 e. The third-order valence-electron chi connectivity index (χ3n) is 6.09. The molecule has 2 aromatic rings. The Hall–Kier alpha value is -2.48. The van der Waals surface area contributed by atoms with Crippen LogP contribution in [0.1, 0.15) is 40.7 Å². The molecule has 7 heteroatoms. The Bertz CT molecular complexity index is 960. The molecule has 0 aromatic heterocycles. The van der Waals surface area contributed by atoms with Gasteiger partial charge in [-0.25, -0.2) is 0 Å². The molecule has 0 aliphatic carbocycles. The summed E-state index contributed by atoms with van der Waals surface area (Å²) >= 11 is 0. The minimum Gasteiger partial charge on any atom is -0.454 e. The molecule has 2 aromatic carbocycles. The Balaban J connectivity index is 1.48. The number of methoxy groups -OCH3 is 1. The summed E-state index contributed by atoms with van der Waals surface area (Å²) in [6, 6.07) is 8.29. The number of likely N-dealkylation sites (N-methyl/N-ethyl adjacent to an activating group) is 1. The SMILES string of the molecule is COC1O[C@H]([C@H]2c3cc4c(cc3CCN2C)OCO4)c2ccc3c(c21)OCO3. The zero-order valence-corrected chi connectivity index (χ0v) is 15.8. The predicted molar refractivity (Wildman–Crippen MR) is 97.8 cm³/mol. The normalized spacial score (nSPS) is 27.0. The molecule has 28 heavy (non-hydrogen) atoms. The molecule has 0 radical (unpaired) electrons. The molecule has 0 amide bonds. The van der Waals surface area contributed by atoms with Crippen LogP contribution >= 0.6 is 0 Å². The van der Waals surface area contributed by atoms with Crippen molar-refractivity contribution in [3.63, 3.8) is 0 Å². The van der Waals surface area contributed by atoms with E-state index in [1.807, 2.05) is 6.07 Å². The van der Waals surface area contributed by atoms with Crippen LogP contribution in [0.25, 0.3) is 0 Å². The van der Waals surface area contributed by atoms with Crippen LogP contribution in [0.3, 0.4) is 0 Å². The maximum Gasteiger partial charge on any atom is 0.231 e. The van der Waals surface area contributed by atoms with Crippen LogP contribution in [0.4, 0.5) is 0 Å². The maximum absolute atomic E-state index is 6.42. The van der Waals surface area contributed by atoms with E-state index < -0.39 is 6.29 Å². The average Bonchev–Trinajstić information content (AvgIpc) is 3.43. The second-order valence-electron chi connectivity index (χ2n) is 7.51. The second-order valence-corrected chi connectivity index (χ2v) is 7.51. The van der Waals surface area contributed by atoms with Gasteiger partial charge in [-0.3, -0.25) is 4.90 Å². The summed E-state index contributed by atoms with van der Waals surface area (Å²) in [6.07, 6.45) is 0.302. The van der Waals surface area contributed by atoms with Crippen LogP contribution in [0.5, 0.6) is 23.0 Å². The molecule has 7 nitrogen and oxygen atoms in total. The summed E-state index contributed by atoms with van der Waals surface area (Å²) in [5.41, 5.74) is 4.50. The second kappa shape index (κ2) is 6.01. The predicted octanol–water partition coefficient (Wildman–Crippen LogP) is 3.09. The Morgan fingerprint density at radius 1 is 0.964 bits per heavy atom. The quantitative estimate of drug-likeness (QED) is 0.790. The van der Waals surface area contributed by atoms with Gasteiger partial charge in [0.05, 0.1) is 11.6 Å². The van der Waals surface area contributed by atoms with Gasteiger partial charge in [-0.2, -0.15) is 0 Å². The zero-order valence-electron chi connectivity index (χ0n) is 15.8. The molecular weight excluding hydrogens is 362 g/mol. The summed E-state index contributed by atoms with van der Waals surface area (Å²) in [6.45, 7) is 1.44. The number of nitrogens with zero attached hydrogens (tertiary/aromatic N) is 1. The molecule has 4 aliphatic heterocycles. The number of ether oxygens (including phenoxy) is 6. The lowest BCUT2D eigenvalue weighted by molar-refractivity contribution is -0.160. The zero-order chi connectivity index (χ0) is 18.8. The van der Waals surface area contributed by atoms with Crippen LogP contribution in [-0.4, -0.2) is 39.2 Å². The Labute approximate surface area is 162 Å². The van der Waals surface area contributed by atoms with Gasteiger partial charge < -0.3 is 28.4 Å². The Morgan fingerprint density at radius 2 is 1.75 bits per heavy atom. The first-order valence-corrected chi connectivity index (χ1v) is 9.48. The van der Waals surface area contributed by atoms with Gasteiger partial charge in [0.2, 0.25) is 13.6 Å². The molecule has 6 rings (SSSR count). The van der Waals surface area contributed by atoms with Crippen molar-refractivity contribution in [2.24, 2.45) is 0 Å². The lowest BCUT2D eigenvalue weighted by atomic mass is 9.86. The molecule has 146 valence electrons. The van der Waals surface area contributed by atoms with E-state index in [2.05, 4.69) is 30.1 Å². The molecule has 3 atom stereocenters. The Morgan fingerprint density at radius 3 is 2.61 bits per heavy atom. The molecule has 0 N–H and O–H groups in total. The van der Waals surface area contributed by atoms with E-state index in [4.69, 9.17) is 28.4 Å². The van der Waals surface area contributed by atoms with Gasteiger partial charge in [-0.1, -0.05) is 6.07 Å². The van der Waals surface area contributed by atoms with Gasteiger partial charge in [0, 0.05) is 13.7 Å². The van der Waals surface area contributed by atoms with Gasteiger partial charge in [0.15, 0.2) is 29.3 Å². The van der Waals surface area contributed by atoms with E-state index in [0.29, 0.717) is 0 Å². The topological polar surface area (TPSA) is 58.6 Å². The average molecular weight is 383 g/mol. The van der Waals surface area contributed by atoms with Crippen molar-refractivity contribution in [3.8, 4) is 23.0 Å². The number of hydrogen-bond donors (Lipinski definition) is 0. The van der Waals surface area contributed by atoms with Crippen molar-refractivity contribution in [1.82, 2.24) is 4.90 Å². The number of benzene rings is 2. The summed E-state index contributed by atoms with van der Waals surface area (Å²) in [5.74, 6) is 3.10. The van der Waals surface area contributed by atoms with E-state index in [1.165, 1.54) is 11.1 Å². The summed E-state index contributed by atoms with van der Waals surface area (Å²) < 4.78 is 34.6. The first-order valence-electron chi connectivity index (χ1n) is 9.48. The summed E-state index contributed by atoms with van der Waals surface area (Å²) in [5, 5.41) is 0. The highest BCUT2D eigenvalue weighted by molar-refractivity contribution is 5.56. The third kappa shape index (κ3) is 2.21. The molecule has 4 aliphatic rings. The lowest BCUT2D eigenvalue weighted by Crippen LogP contribution is -2.35. The van der Waals surface area contributed by atoms with E-state index in [0.717, 1.165) is 47.1 Å². The fourth-order valence-electron chi connectivity index (χ4n) is 4.75. The van der Waals surface area contributed by atoms with Crippen molar-refractivity contribution in [1.29, 1.82) is 0 Å². The molecule has 0 saturated carbocycles. The molecule has 0 bridgehead atoms. The van der Waals surface area contributed by atoms with Crippen LogP contribution in [0.15, 0.2) is 24.3 Å². The number of fused-ring (bicyclic) bond motifs is 5. The van der Waals surface area contributed by atoms with E-state index in [1.54, 1.807) is 7.11 Å². The lowest BCUT2D eigenvalue weighted by Gasteiger charge is -2.38. The van der Waals surface area contributed by atoms with Crippen LogP contribution in [-0.2, 0) is 15.9 Å². The third-order valence-corrected chi connectivity index (χ3v) is 6.09. The first-order chi connectivity index (χ1) is 13.7. The molecule has 0 saturated heterocycles. The van der Waals surface area contributed by atoms with E-state index in [-0.39, 0.29) is 25.7 Å². The molecule has 1 unspecified atom stereocenters. The highest BCUT2D eigenvalue weighted by Crippen LogP contribution is 2.55. The number of rotatable bonds is 2. The fraction of sp³-hybridized carbons (Fsp3) is 0.429. The summed E-state index contributed by atoms with van der Waals surface area (Å²) in [4.78, 5) is 2.33. The largest absolute Gasteiger partial charge is 0.454 e. The first kappa shape index (κ1) is 16.5. The monoisotopic (exact) mass is 383 g/mol. The van der Waals surface area contributed by atoms with Gasteiger partial charge in [0.1, 0.15) is 6.10 Å². The van der Waals surface area contributed by atoms with Crippen molar-refractivity contribution in [3.05, 3.63) is 46.5 Å². The fourth-order valence-corrected chi connectivity index (χ4v) is 4.75. The van der Waals surface area contributed by atoms with Crippen LogP contribution in [0.2, 0.25) is 0 Å². The van der Waals surface area contributed by atoms with E-state index >= 15 is 0 Å². The van der Waals surface area contributed by atoms with Gasteiger partial charge in [-0.05, 0) is 48.4 Å². The minimum atomic E-state index is -0.482. The summed E-state index contributed by atoms with van der Waals surface area (Å²) in [7, 11) is 3.79. The van der Waals surface area contributed by atoms with Crippen molar-refractivity contribution < 1.29 is 28.4 Å². The standard InChI is InChI=1S/C21H21NO6/c1-22-6-5-11-7-15-16(26-9-25-15)8-13(11)18(22)19-12-3-4-14-20(27-10-24-14)17(12)21(23-2)28-19/h3-4,7-8,18-19,21H,5-6,9-10H2,1-2H3/t18-,19+,21?/m1/s1. The van der Waals surface area contributed by atoms with Crippen molar-refractivity contribution in [2.75, 3.05) is 34.3 Å². The van der Waals surface area contributed by atoms with Crippen molar-refractivity contribution >= 4 is 0 Å². The van der Waals surface area contributed by atoms with Crippen molar-refractivity contribution in [2.45, 2.75) is 24.9 Å². The van der Waals surface area contributed by atoms with Gasteiger partial charge in [0.25, 0.3) is 0 Å². The Kier molecular flexibility index (Phi) is 3.53. The van der Waals surface area contributed by atoms with Gasteiger partial charge in [-0.15, -0.1) is 0 Å². The van der Waals surface area contributed by atoms with E-state index in [9.17, 15) is 0 Å². The molecule has 4 heterocycles. The highest BCUT2D eigenvalue weighted by Gasteiger charge is 2.45. The number of hydrogen-bond acceptors (Lipinski definition) is 7. The molecular formula is C21H21NO6. The molecule has 0 fully saturated rings. The van der Waals surface area contributed by atoms with Crippen LogP contribution < -0.4 is 18.9 Å². The maximum atomic E-state index is 6.42. The van der Waals surface area contributed by atoms with Crippen LogP contribution in [0, 0.1) is 0 Å². The minimum absolute atomic E-state index is 0.0394. The highest BCUT2D eigenvalue weighted by atomic mass is 16.7. The van der Waals surface area contributed by atoms with Gasteiger partial charge >= 0.3 is 0 Å².